The molecule has 0 bridgehead atoms. The van der Waals surface area contributed by atoms with Crippen LogP contribution in [0.2, 0.25) is 0 Å². The third-order valence-electron chi connectivity index (χ3n) is 5.91. The van der Waals surface area contributed by atoms with Crippen LogP contribution in [-0.2, 0) is 19.5 Å². The Morgan fingerprint density at radius 2 is 1.11 bits per heavy atom. The summed E-state index contributed by atoms with van der Waals surface area (Å²) >= 11 is 0. The lowest BCUT2D eigenvalue weighted by Gasteiger charge is -2.04. The summed E-state index contributed by atoms with van der Waals surface area (Å²) in [6.45, 7) is 9.26. The average molecular weight is 378 g/mol. The fourth-order valence-corrected chi connectivity index (χ4v) is 4.12. The van der Waals surface area contributed by atoms with E-state index in [0.29, 0.717) is 0 Å². The summed E-state index contributed by atoms with van der Waals surface area (Å²) in [5, 5.41) is 0. The molecule has 2 nitrogen and oxygen atoms in total. The number of nitrogens with zero attached hydrogens (tertiary/aromatic N) is 2. The summed E-state index contributed by atoms with van der Waals surface area (Å²) in [5.41, 5.74) is 0. The van der Waals surface area contributed by atoms with Gasteiger partial charge >= 0.3 is 0 Å². The molecule has 1 aromatic rings. The highest BCUT2D eigenvalue weighted by Crippen LogP contribution is 2.13. The second-order valence-corrected chi connectivity index (χ2v) is 8.40. The molecule has 2 heteroatoms. The average Bonchev–Trinajstić information content (AvgIpc) is 3.08. The van der Waals surface area contributed by atoms with Crippen molar-refractivity contribution in [2.75, 3.05) is 0 Å². The number of hydrogen-bond donors (Lipinski definition) is 0. The van der Waals surface area contributed by atoms with Crippen molar-refractivity contribution in [3.63, 3.8) is 0 Å². The van der Waals surface area contributed by atoms with Gasteiger partial charge in [0.25, 0.3) is 5.82 Å². The third kappa shape index (κ3) is 11.6. The molecule has 1 aromatic heterocycles. The van der Waals surface area contributed by atoms with E-state index in [4.69, 9.17) is 0 Å². The molecular formula is C25H49N2+. The molecule has 1 rings (SSSR count). The van der Waals surface area contributed by atoms with Crippen LogP contribution in [0.15, 0.2) is 12.4 Å². The summed E-state index contributed by atoms with van der Waals surface area (Å²) in [7, 11) is 0. The summed E-state index contributed by atoms with van der Waals surface area (Å²) in [6, 6.07) is 0. The van der Waals surface area contributed by atoms with Gasteiger partial charge in [0.1, 0.15) is 12.4 Å². The number of rotatable bonds is 19. The van der Waals surface area contributed by atoms with Crippen molar-refractivity contribution in [2.45, 2.75) is 143 Å². The lowest BCUT2D eigenvalue weighted by Crippen LogP contribution is -2.37. The van der Waals surface area contributed by atoms with Gasteiger partial charge < -0.3 is 0 Å². The molecule has 0 atom stereocenters. The van der Waals surface area contributed by atoms with Crippen molar-refractivity contribution in [3.05, 3.63) is 18.2 Å². The van der Waals surface area contributed by atoms with Gasteiger partial charge in [-0.05, 0) is 19.3 Å². The Hall–Kier alpha value is -0.790. The van der Waals surface area contributed by atoms with E-state index in [1.54, 1.807) is 0 Å². The van der Waals surface area contributed by atoms with Gasteiger partial charge in [-0.1, -0.05) is 104 Å². The van der Waals surface area contributed by atoms with Crippen LogP contribution in [-0.4, -0.2) is 4.57 Å². The van der Waals surface area contributed by atoms with E-state index in [-0.39, 0.29) is 0 Å². The third-order valence-corrected chi connectivity index (χ3v) is 5.91. The first-order chi connectivity index (χ1) is 13.3. The van der Waals surface area contributed by atoms with Crippen molar-refractivity contribution in [2.24, 2.45) is 0 Å². The molecule has 0 aromatic carbocycles. The highest BCUT2D eigenvalue weighted by atomic mass is 15.1. The number of hydrogen-bond acceptors (Lipinski definition) is 0. The van der Waals surface area contributed by atoms with Gasteiger partial charge in [0.05, 0.1) is 13.1 Å². The van der Waals surface area contributed by atoms with E-state index < -0.39 is 0 Å². The molecule has 0 saturated heterocycles. The maximum absolute atomic E-state index is 2.50. The molecule has 0 radical (unpaired) electrons. The molecule has 27 heavy (non-hydrogen) atoms. The van der Waals surface area contributed by atoms with Crippen LogP contribution in [0.4, 0.5) is 0 Å². The van der Waals surface area contributed by atoms with E-state index in [1.165, 1.54) is 122 Å². The predicted molar refractivity (Wildman–Crippen MR) is 119 cm³/mol. The normalized spacial score (nSPS) is 11.4. The van der Waals surface area contributed by atoms with Gasteiger partial charge in [0.15, 0.2) is 0 Å². The Bertz CT molecular complexity index is 436. The zero-order valence-corrected chi connectivity index (χ0v) is 19.0. The van der Waals surface area contributed by atoms with Crippen LogP contribution < -0.4 is 4.57 Å². The van der Waals surface area contributed by atoms with E-state index in [2.05, 4.69) is 42.3 Å². The molecule has 0 N–H and O–H groups in total. The molecule has 0 aliphatic carbocycles. The topological polar surface area (TPSA) is 8.81 Å². The number of unbranched alkanes of at least 4 members (excludes halogenated alkanes) is 14. The first-order valence-electron chi connectivity index (χ1n) is 12.4. The molecule has 0 spiro atoms. The maximum atomic E-state index is 2.50. The lowest BCUT2D eigenvalue weighted by atomic mass is 10.0. The van der Waals surface area contributed by atoms with Gasteiger partial charge in [-0.3, -0.25) is 0 Å². The van der Waals surface area contributed by atoms with Crippen molar-refractivity contribution in [1.82, 2.24) is 4.57 Å². The summed E-state index contributed by atoms with van der Waals surface area (Å²) in [4.78, 5) is 0. The van der Waals surface area contributed by atoms with Gasteiger partial charge in [0.2, 0.25) is 0 Å². The quantitative estimate of drug-likeness (QED) is 0.173. The SMILES string of the molecule is CCCCCCCCCCCCCCCC[n+]1ccn(CCCC)c1CC. The molecule has 1 heterocycles. The standard InChI is InChI=1S/C25H49N2/c1-4-7-9-10-11-12-13-14-15-16-17-18-19-20-22-27-24-23-26(21-8-5-2)25(27)6-3/h23-24H,4-22H2,1-3H3/q+1. The minimum atomic E-state index is 1.15. The predicted octanol–water partition coefficient (Wildman–Crippen LogP) is 7.62. The van der Waals surface area contributed by atoms with E-state index >= 15 is 0 Å². The summed E-state index contributed by atoms with van der Waals surface area (Å²) in [6.07, 6.45) is 28.4. The van der Waals surface area contributed by atoms with Crippen molar-refractivity contribution in [3.8, 4) is 0 Å². The van der Waals surface area contributed by atoms with E-state index in [0.717, 1.165) is 6.42 Å². The van der Waals surface area contributed by atoms with Crippen LogP contribution in [0.3, 0.4) is 0 Å². The largest absolute Gasteiger partial charge is 0.256 e. The lowest BCUT2D eigenvalue weighted by molar-refractivity contribution is -0.704. The first-order valence-corrected chi connectivity index (χ1v) is 12.4. The molecular weight excluding hydrogens is 328 g/mol. The second kappa shape index (κ2) is 17.3. The van der Waals surface area contributed by atoms with Crippen molar-refractivity contribution >= 4 is 0 Å². The number of aryl methyl sites for hydroxylation is 2. The Kier molecular flexibility index (Phi) is 15.6. The highest BCUT2D eigenvalue weighted by Gasteiger charge is 2.13. The summed E-state index contributed by atoms with van der Waals surface area (Å²) < 4.78 is 4.96. The van der Waals surface area contributed by atoms with Crippen LogP contribution in [0.1, 0.15) is 129 Å². The van der Waals surface area contributed by atoms with Crippen LogP contribution in [0.25, 0.3) is 0 Å². The smallest absolute Gasteiger partial charge is 0.234 e. The van der Waals surface area contributed by atoms with Crippen LogP contribution >= 0.6 is 0 Å². The Morgan fingerprint density at radius 1 is 0.630 bits per heavy atom. The zero-order valence-electron chi connectivity index (χ0n) is 19.0. The Balaban J connectivity index is 1.95. The second-order valence-electron chi connectivity index (χ2n) is 8.40. The van der Waals surface area contributed by atoms with Gasteiger partial charge in [0, 0.05) is 6.42 Å². The first kappa shape index (κ1) is 24.2. The summed E-state index contributed by atoms with van der Waals surface area (Å²) in [5.74, 6) is 1.51. The van der Waals surface area contributed by atoms with Gasteiger partial charge in [-0.2, -0.15) is 0 Å². The Labute approximate surface area is 170 Å². The van der Waals surface area contributed by atoms with E-state index in [1.807, 2.05) is 0 Å². The van der Waals surface area contributed by atoms with Crippen molar-refractivity contribution < 1.29 is 4.57 Å². The van der Waals surface area contributed by atoms with Gasteiger partial charge in [-0.25, -0.2) is 9.13 Å². The van der Waals surface area contributed by atoms with E-state index in [9.17, 15) is 0 Å². The van der Waals surface area contributed by atoms with Crippen LogP contribution in [0.5, 0.6) is 0 Å². The monoisotopic (exact) mass is 377 g/mol. The molecule has 0 unspecified atom stereocenters. The molecule has 158 valence electrons. The highest BCUT2D eigenvalue weighted by molar-refractivity contribution is 4.82. The zero-order chi connectivity index (χ0) is 19.6. The molecule has 0 fully saturated rings. The fourth-order valence-electron chi connectivity index (χ4n) is 4.12. The number of imidazole rings is 1. The van der Waals surface area contributed by atoms with Gasteiger partial charge in [-0.15, -0.1) is 0 Å². The van der Waals surface area contributed by atoms with Crippen LogP contribution in [0, 0.1) is 0 Å². The number of aromatic nitrogens is 2. The molecule has 0 aliphatic heterocycles. The minimum Gasteiger partial charge on any atom is -0.234 e. The van der Waals surface area contributed by atoms with Crippen molar-refractivity contribution in [1.29, 1.82) is 0 Å². The molecule has 0 aliphatic rings. The maximum Gasteiger partial charge on any atom is 0.256 e. The minimum absolute atomic E-state index is 1.15. The molecule has 0 amide bonds. The Morgan fingerprint density at radius 3 is 1.59 bits per heavy atom. The fraction of sp³-hybridized carbons (Fsp3) is 0.880. The molecule has 0 saturated carbocycles.